The third kappa shape index (κ3) is 7.60. The Labute approximate surface area is 295 Å². The van der Waals surface area contributed by atoms with E-state index in [4.69, 9.17) is 4.74 Å². The first-order valence-electron chi connectivity index (χ1n) is 16.3. The summed E-state index contributed by atoms with van der Waals surface area (Å²) in [6.45, 7) is 10.4. The van der Waals surface area contributed by atoms with E-state index in [0.717, 1.165) is 20.1 Å². The SMILES string of the molecule is COC(=O)[C@@H]1[C@H](O)[C@H](C)[C@H](O)[C@H](C)/C=C\C=C(\C)C(=O)NC2=C(C)C(=O)c3c(c(O)c(C)c(O)c3C(=O)/C(C)=C\[C@@](C)(O)[C@H](O)[C@@H](C)[C@H]1O)C2=O. The Balaban J connectivity index is 2.32. The van der Waals surface area contributed by atoms with E-state index in [-0.39, 0.29) is 22.3 Å². The molecule has 0 spiro atoms. The maximum absolute atomic E-state index is 13.9. The molecule has 1 aliphatic carbocycles. The van der Waals surface area contributed by atoms with E-state index in [1.54, 1.807) is 6.92 Å². The van der Waals surface area contributed by atoms with Crippen LogP contribution < -0.4 is 5.32 Å². The van der Waals surface area contributed by atoms with Crippen molar-refractivity contribution in [2.24, 2.45) is 23.7 Å². The van der Waals surface area contributed by atoms with Crippen molar-refractivity contribution >= 4 is 29.2 Å². The van der Waals surface area contributed by atoms with Crippen molar-refractivity contribution in [1.82, 2.24) is 5.32 Å². The minimum atomic E-state index is -2.34. The maximum atomic E-state index is 13.9. The van der Waals surface area contributed by atoms with Gasteiger partial charge in [0, 0.05) is 34.5 Å². The molecule has 0 saturated heterocycles. The second kappa shape index (κ2) is 15.4. The summed E-state index contributed by atoms with van der Waals surface area (Å²) in [7, 11) is 1.02. The van der Waals surface area contributed by atoms with Gasteiger partial charge < -0.3 is 45.8 Å². The molecule has 0 unspecified atom stereocenters. The number of nitrogens with one attached hydrogen (secondary N) is 1. The van der Waals surface area contributed by atoms with Gasteiger partial charge in [-0.1, -0.05) is 39.0 Å². The second-order valence-electron chi connectivity index (χ2n) is 13.7. The Morgan fingerprint density at radius 1 is 0.784 bits per heavy atom. The second-order valence-corrected chi connectivity index (χ2v) is 13.7. The number of hydrogen-bond donors (Lipinski definition) is 8. The highest BCUT2D eigenvalue weighted by atomic mass is 16.5. The number of fused-ring (bicyclic) bond motifs is 15. The van der Waals surface area contributed by atoms with Crippen LogP contribution in [-0.2, 0) is 14.3 Å². The number of rotatable bonds is 1. The van der Waals surface area contributed by atoms with Crippen molar-refractivity contribution in [2.75, 3.05) is 7.11 Å². The van der Waals surface area contributed by atoms with Crippen molar-refractivity contribution in [1.29, 1.82) is 0 Å². The number of aromatic hydroxyl groups is 2. The van der Waals surface area contributed by atoms with E-state index < -0.39 is 117 Å². The fourth-order valence-electron chi connectivity index (χ4n) is 6.50. The minimum Gasteiger partial charge on any atom is -0.507 e. The van der Waals surface area contributed by atoms with Crippen LogP contribution in [0.3, 0.4) is 0 Å². The molecular weight excluding hydrogens is 666 g/mol. The summed E-state index contributed by atoms with van der Waals surface area (Å²) in [5, 5.41) is 80.8. The number of hydrogen-bond acceptors (Lipinski definition) is 13. The molecule has 3 aliphatic rings. The number of esters is 1. The van der Waals surface area contributed by atoms with E-state index in [1.165, 1.54) is 59.8 Å². The number of benzene rings is 1. The summed E-state index contributed by atoms with van der Waals surface area (Å²) >= 11 is 0. The summed E-state index contributed by atoms with van der Waals surface area (Å²) < 4.78 is 4.83. The van der Waals surface area contributed by atoms with Gasteiger partial charge in [-0.3, -0.25) is 24.0 Å². The summed E-state index contributed by atoms with van der Waals surface area (Å²) in [4.78, 5) is 67.6. The predicted octanol–water partition coefficient (Wildman–Crippen LogP) is 1.71. The molecule has 8 N–H and O–H groups in total. The monoisotopic (exact) mass is 713 g/mol. The lowest BCUT2D eigenvalue weighted by Gasteiger charge is -2.38. The van der Waals surface area contributed by atoms with Crippen LogP contribution in [0.25, 0.3) is 0 Å². The normalized spacial score (nSPS) is 34.3. The Kier molecular flexibility index (Phi) is 12.4. The Morgan fingerprint density at radius 2 is 1.31 bits per heavy atom. The van der Waals surface area contributed by atoms with E-state index in [9.17, 15) is 59.7 Å². The molecule has 1 amide bonds. The standard InChI is InChI=1S/C37H47NO13/c1-14-11-10-12-15(2)35(48)38-25-17(4)28(41)21-22(29(42)19(6)30(43)23(21)33(25)46)27(40)16(3)13-37(8,50)34(47)20(7)32(45)24(36(49)51-9)31(44)18(5)26(14)39/h10-14,18,20,24,26,31-32,34,39,42-45,47,50H,1-9H3,(H,38,48)/b11-10-,15-12-,16-13-/t14-,18-,20+,24-,26-,31-,32-,34-,37-/m1/s1. The van der Waals surface area contributed by atoms with Crippen LogP contribution in [0.1, 0.15) is 85.1 Å². The van der Waals surface area contributed by atoms with Crippen molar-refractivity contribution < 1.29 is 64.5 Å². The first-order valence-corrected chi connectivity index (χ1v) is 16.3. The third-order valence-electron chi connectivity index (χ3n) is 9.99. The zero-order valence-electron chi connectivity index (χ0n) is 30.0. The molecule has 2 heterocycles. The first kappa shape index (κ1) is 41.0. The molecule has 278 valence electrons. The van der Waals surface area contributed by atoms with Crippen LogP contribution in [0.15, 0.2) is 46.7 Å². The number of ketones is 3. The predicted molar refractivity (Wildman–Crippen MR) is 183 cm³/mol. The van der Waals surface area contributed by atoms with Gasteiger partial charge in [0.15, 0.2) is 11.6 Å². The van der Waals surface area contributed by atoms with Crippen molar-refractivity contribution in [3.63, 3.8) is 0 Å². The van der Waals surface area contributed by atoms with Crippen LogP contribution in [0.2, 0.25) is 0 Å². The number of phenols is 2. The summed E-state index contributed by atoms with van der Waals surface area (Å²) in [6, 6.07) is 0. The molecule has 14 heteroatoms. The van der Waals surface area contributed by atoms with Gasteiger partial charge in [-0.15, -0.1) is 0 Å². The molecule has 1 aromatic rings. The smallest absolute Gasteiger partial charge is 0.313 e. The number of allylic oxidation sites excluding steroid dienone is 5. The van der Waals surface area contributed by atoms with E-state index >= 15 is 0 Å². The number of Topliss-reactive ketones (excluding diaryl/α,β-unsaturated/α-hetero) is 3. The van der Waals surface area contributed by atoms with Crippen LogP contribution in [0.5, 0.6) is 11.5 Å². The fourth-order valence-corrected chi connectivity index (χ4v) is 6.50. The minimum absolute atomic E-state index is 0.0574. The molecular formula is C37H47NO13. The Morgan fingerprint density at radius 3 is 1.86 bits per heavy atom. The van der Waals surface area contributed by atoms with Gasteiger partial charge >= 0.3 is 5.97 Å². The summed E-state index contributed by atoms with van der Waals surface area (Å²) in [5.41, 5.74) is -5.67. The number of aliphatic hydroxyl groups excluding tert-OH is 4. The number of methoxy groups -OCH3 is 1. The molecule has 2 aliphatic heterocycles. The third-order valence-corrected chi connectivity index (χ3v) is 9.99. The lowest BCUT2D eigenvalue weighted by atomic mass is 9.75. The van der Waals surface area contributed by atoms with Crippen molar-refractivity contribution in [3.8, 4) is 11.5 Å². The highest BCUT2D eigenvalue weighted by molar-refractivity contribution is 6.32. The molecule has 51 heavy (non-hydrogen) atoms. The van der Waals surface area contributed by atoms with Crippen LogP contribution in [-0.4, -0.2) is 102 Å². The van der Waals surface area contributed by atoms with Gasteiger partial charge in [-0.2, -0.15) is 0 Å². The average Bonchev–Trinajstić information content (AvgIpc) is 3.08. The molecule has 0 aromatic heterocycles. The first-order chi connectivity index (χ1) is 23.5. The highest BCUT2D eigenvalue weighted by Crippen LogP contribution is 2.43. The van der Waals surface area contributed by atoms with Gasteiger partial charge in [-0.25, -0.2) is 0 Å². The van der Waals surface area contributed by atoms with Crippen molar-refractivity contribution in [3.05, 3.63) is 69.0 Å². The molecule has 1 aromatic carbocycles. The number of aliphatic hydroxyl groups is 5. The van der Waals surface area contributed by atoms with E-state index in [0.29, 0.717) is 0 Å². The van der Waals surface area contributed by atoms with Gasteiger partial charge in [0.1, 0.15) is 23.0 Å². The number of ether oxygens (including phenoxy) is 1. The molecule has 4 rings (SSSR count). The topological polar surface area (TPSA) is 248 Å². The molecule has 0 radical (unpaired) electrons. The summed E-state index contributed by atoms with van der Waals surface area (Å²) in [5.74, 6) is -11.4. The summed E-state index contributed by atoms with van der Waals surface area (Å²) in [6.07, 6.45) is -1.63. The Hall–Kier alpha value is -4.47. The van der Waals surface area contributed by atoms with Gasteiger partial charge in [-0.05, 0) is 46.3 Å². The number of carbonyl (C=O) groups excluding carboxylic acids is 5. The molecule has 14 nitrogen and oxygen atoms in total. The zero-order valence-corrected chi connectivity index (χ0v) is 30.0. The van der Waals surface area contributed by atoms with Gasteiger partial charge in [0.25, 0.3) is 5.91 Å². The quantitative estimate of drug-likeness (QED) is 0.193. The lowest BCUT2D eigenvalue weighted by molar-refractivity contribution is -0.168. The Bertz CT molecular complexity index is 1770. The van der Waals surface area contributed by atoms with Crippen LogP contribution in [0, 0.1) is 30.6 Å². The van der Waals surface area contributed by atoms with Crippen LogP contribution >= 0.6 is 0 Å². The molecule has 0 saturated carbocycles. The highest BCUT2D eigenvalue weighted by Gasteiger charge is 2.47. The van der Waals surface area contributed by atoms with Gasteiger partial charge in [0.05, 0.1) is 53.9 Å². The maximum Gasteiger partial charge on any atom is 0.313 e. The largest absolute Gasteiger partial charge is 0.507 e. The fraction of sp³-hybridized carbons (Fsp3) is 0.486. The lowest BCUT2D eigenvalue weighted by Crippen LogP contribution is -2.53. The van der Waals surface area contributed by atoms with E-state index in [2.05, 4.69) is 5.32 Å². The van der Waals surface area contributed by atoms with E-state index in [1.807, 2.05) is 0 Å². The number of amides is 1. The van der Waals surface area contributed by atoms with Crippen molar-refractivity contribution in [2.45, 2.75) is 85.4 Å². The molecule has 0 fully saturated rings. The van der Waals surface area contributed by atoms with Crippen LogP contribution in [0.4, 0.5) is 0 Å². The van der Waals surface area contributed by atoms with Gasteiger partial charge in [0.2, 0.25) is 5.78 Å². The zero-order chi connectivity index (χ0) is 39.0. The molecule has 9 atom stereocenters. The average molecular weight is 714 g/mol. The molecule has 4 bridgehead atoms. The number of phenolic OH excluding ortho intramolecular Hbond substituents is 2. The number of carbonyl (C=O) groups is 5.